The number of hydrogen-bond acceptors (Lipinski definition) is 5. The van der Waals surface area contributed by atoms with Crippen molar-refractivity contribution in [2.75, 3.05) is 46.3 Å². The van der Waals surface area contributed by atoms with Crippen molar-refractivity contribution in [2.45, 2.75) is 32.1 Å². The molecule has 2 heterocycles. The zero-order valence-electron chi connectivity index (χ0n) is 13.0. The quantitative estimate of drug-likeness (QED) is 0.778. The number of hydrogen-bond donors (Lipinski definition) is 0. The summed E-state index contributed by atoms with van der Waals surface area (Å²) in [6.07, 6.45) is 0. The SMILES string of the molecule is CC(C)N(C)CC(=O)N1CCN(C2=NC[C@@H](C)S2)CC1. The first kappa shape index (κ1) is 15.6. The van der Waals surface area contributed by atoms with E-state index in [1.807, 2.05) is 23.7 Å². The molecular weight excluding hydrogens is 272 g/mol. The van der Waals surface area contributed by atoms with Crippen LogP contribution < -0.4 is 0 Å². The van der Waals surface area contributed by atoms with Crippen LogP contribution in [0, 0.1) is 0 Å². The van der Waals surface area contributed by atoms with Crippen molar-refractivity contribution < 1.29 is 4.79 Å². The predicted octanol–water partition coefficient (Wildman–Crippen LogP) is 0.962. The molecule has 0 aromatic heterocycles. The summed E-state index contributed by atoms with van der Waals surface area (Å²) in [6.45, 7) is 11.3. The molecule has 0 aromatic rings. The summed E-state index contributed by atoms with van der Waals surface area (Å²) >= 11 is 1.86. The number of rotatable bonds is 3. The zero-order chi connectivity index (χ0) is 14.7. The van der Waals surface area contributed by atoms with Gasteiger partial charge in [-0.3, -0.25) is 14.7 Å². The molecule has 0 spiro atoms. The number of carbonyl (C=O) groups excluding carboxylic acids is 1. The van der Waals surface area contributed by atoms with E-state index in [9.17, 15) is 4.79 Å². The molecule has 6 heteroatoms. The third-order valence-electron chi connectivity index (χ3n) is 3.96. The average Bonchev–Trinajstić information content (AvgIpc) is 2.85. The van der Waals surface area contributed by atoms with Gasteiger partial charge in [0.1, 0.15) is 0 Å². The number of amides is 1. The molecule has 0 unspecified atom stereocenters. The zero-order valence-corrected chi connectivity index (χ0v) is 13.8. The minimum Gasteiger partial charge on any atom is -0.348 e. The third-order valence-corrected chi connectivity index (χ3v) is 5.11. The molecule has 114 valence electrons. The van der Waals surface area contributed by atoms with E-state index in [0.717, 1.165) is 32.7 Å². The molecule has 5 nitrogen and oxygen atoms in total. The Balaban J connectivity index is 1.78. The molecule has 1 saturated heterocycles. The van der Waals surface area contributed by atoms with Crippen LogP contribution in [0.15, 0.2) is 4.99 Å². The van der Waals surface area contributed by atoms with Crippen molar-refractivity contribution in [1.82, 2.24) is 14.7 Å². The van der Waals surface area contributed by atoms with Gasteiger partial charge in [0.05, 0.1) is 13.1 Å². The van der Waals surface area contributed by atoms with Crippen molar-refractivity contribution in [3.8, 4) is 0 Å². The molecule has 0 aliphatic carbocycles. The maximum Gasteiger partial charge on any atom is 0.236 e. The molecule has 0 saturated carbocycles. The molecule has 0 aromatic carbocycles. The lowest BCUT2D eigenvalue weighted by atomic mass is 10.3. The molecule has 1 fully saturated rings. The van der Waals surface area contributed by atoms with Crippen molar-refractivity contribution in [3.05, 3.63) is 0 Å². The molecule has 20 heavy (non-hydrogen) atoms. The minimum absolute atomic E-state index is 0.246. The number of nitrogens with zero attached hydrogens (tertiary/aromatic N) is 4. The van der Waals surface area contributed by atoms with Gasteiger partial charge in [-0.25, -0.2) is 0 Å². The summed E-state index contributed by atoms with van der Waals surface area (Å²) < 4.78 is 0. The van der Waals surface area contributed by atoms with E-state index in [1.54, 1.807) is 0 Å². The molecule has 2 rings (SSSR count). The lowest BCUT2D eigenvalue weighted by molar-refractivity contribution is -0.133. The first-order valence-corrected chi connectivity index (χ1v) is 8.29. The van der Waals surface area contributed by atoms with Crippen LogP contribution in [0.5, 0.6) is 0 Å². The number of aliphatic imine (C=N–C) groups is 1. The summed E-state index contributed by atoms with van der Waals surface area (Å²) in [6, 6.07) is 0.408. The van der Waals surface area contributed by atoms with Crippen LogP contribution in [-0.4, -0.2) is 83.4 Å². The van der Waals surface area contributed by atoms with Crippen molar-refractivity contribution in [3.63, 3.8) is 0 Å². The Morgan fingerprint density at radius 2 is 2.05 bits per heavy atom. The molecule has 0 bridgehead atoms. The van der Waals surface area contributed by atoms with Crippen LogP contribution >= 0.6 is 11.8 Å². The fraction of sp³-hybridized carbons (Fsp3) is 0.857. The lowest BCUT2D eigenvalue weighted by Gasteiger charge is -2.36. The van der Waals surface area contributed by atoms with Gasteiger partial charge in [-0.1, -0.05) is 18.7 Å². The Kier molecular flexibility index (Phi) is 5.32. The fourth-order valence-corrected chi connectivity index (χ4v) is 3.27. The summed E-state index contributed by atoms with van der Waals surface area (Å²) in [5.74, 6) is 0.246. The summed E-state index contributed by atoms with van der Waals surface area (Å²) in [5.41, 5.74) is 0. The molecule has 1 amide bonds. The maximum atomic E-state index is 12.2. The van der Waals surface area contributed by atoms with E-state index in [2.05, 4.69) is 35.6 Å². The minimum atomic E-state index is 0.246. The van der Waals surface area contributed by atoms with E-state index >= 15 is 0 Å². The lowest BCUT2D eigenvalue weighted by Crippen LogP contribution is -2.52. The summed E-state index contributed by atoms with van der Waals surface area (Å²) in [4.78, 5) is 23.2. The van der Waals surface area contributed by atoms with Crippen molar-refractivity contribution >= 4 is 22.8 Å². The van der Waals surface area contributed by atoms with Crippen LogP contribution in [0.3, 0.4) is 0 Å². The first-order valence-electron chi connectivity index (χ1n) is 7.41. The van der Waals surface area contributed by atoms with Crippen LogP contribution in [0.4, 0.5) is 0 Å². The molecule has 2 aliphatic rings. The molecule has 0 radical (unpaired) electrons. The van der Waals surface area contributed by atoms with E-state index in [0.29, 0.717) is 17.8 Å². The van der Waals surface area contributed by atoms with Gasteiger partial charge >= 0.3 is 0 Å². The highest BCUT2D eigenvalue weighted by Crippen LogP contribution is 2.23. The Labute approximate surface area is 126 Å². The average molecular weight is 298 g/mol. The van der Waals surface area contributed by atoms with E-state index in [-0.39, 0.29) is 5.91 Å². The van der Waals surface area contributed by atoms with Gasteiger partial charge in [0.15, 0.2) is 5.17 Å². The Bertz CT molecular complexity index is 377. The van der Waals surface area contributed by atoms with Gasteiger partial charge in [0.25, 0.3) is 0 Å². The molecular formula is C14H26N4OS. The largest absolute Gasteiger partial charge is 0.348 e. The number of likely N-dealkylation sites (N-methyl/N-ethyl adjacent to an activating group) is 1. The van der Waals surface area contributed by atoms with Gasteiger partial charge in [-0.05, 0) is 20.9 Å². The number of amidine groups is 1. The van der Waals surface area contributed by atoms with Crippen LogP contribution in [0.2, 0.25) is 0 Å². The second-order valence-electron chi connectivity index (χ2n) is 5.93. The third kappa shape index (κ3) is 3.88. The molecule has 1 atom stereocenters. The maximum absolute atomic E-state index is 12.2. The van der Waals surface area contributed by atoms with Gasteiger partial charge in [0.2, 0.25) is 5.91 Å². The second-order valence-corrected chi connectivity index (χ2v) is 7.33. The number of thioether (sulfide) groups is 1. The number of carbonyl (C=O) groups is 1. The highest BCUT2D eigenvalue weighted by Gasteiger charge is 2.26. The monoisotopic (exact) mass is 298 g/mol. The summed E-state index contributed by atoms with van der Waals surface area (Å²) in [7, 11) is 2.00. The standard InChI is InChI=1S/C14H26N4OS/c1-11(2)16(4)10-13(19)17-5-7-18(8-6-17)14-15-9-12(3)20-14/h11-12H,5-10H2,1-4H3/t12-/m1/s1. The first-order chi connectivity index (χ1) is 9.47. The Morgan fingerprint density at radius 1 is 1.40 bits per heavy atom. The van der Waals surface area contributed by atoms with E-state index in [4.69, 9.17) is 0 Å². The van der Waals surface area contributed by atoms with Crippen LogP contribution in [0.1, 0.15) is 20.8 Å². The number of piperazine rings is 1. The second kappa shape index (κ2) is 6.80. The van der Waals surface area contributed by atoms with Gasteiger partial charge < -0.3 is 9.80 Å². The van der Waals surface area contributed by atoms with E-state index < -0.39 is 0 Å². The topological polar surface area (TPSA) is 39.2 Å². The summed E-state index contributed by atoms with van der Waals surface area (Å²) in [5, 5.41) is 1.77. The highest BCUT2D eigenvalue weighted by atomic mass is 32.2. The fourth-order valence-electron chi connectivity index (χ4n) is 2.28. The van der Waals surface area contributed by atoms with E-state index in [1.165, 1.54) is 5.17 Å². The van der Waals surface area contributed by atoms with Gasteiger partial charge in [-0.2, -0.15) is 0 Å². The van der Waals surface area contributed by atoms with Gasteiger partial charge in [0, 0.05) is 37.5 Å². The van der Waals surface area contributed by atoms with Crippen LogP contribution in [-0.2, 0) is 4.79 Å². The van der Waals surface area contributed by atoms with Crippen molar-refractivity contribution in [1.29, 1.82) is 0 Å². The molecule has 0 N–H and O–H groups in total. The van der Waals surface area contributed by atoms with Gasteiger partial charge in [-0.15, -0.1) is 0 Å². The molecule has 2 aliphatic heterocycles. The highest BCUT2D eigenvalue weighted by molar-refractivity contribution is 8.14. The van der Waals surface area contributed by atoms with Crippen LogP contribution in [0.25, 0.3) is 0 Å². The predicted molar refractivity (Wildman–Crippen MR) is 85.3 cm³/mol. The smallest absolute Gasteiger partial charge is 0.236 e. The Hall–Kier alpha value is -0.750. The normalized spacial score (nSPS) is 23.7. The van der Waals surface area contributed by atoms with Crippen molar-refractivity contribution in [2.24, 2.45) is 4.99 Å². The Morgan fingerprint density at radius 3 is 2.55 bits per heavy atom.